The lowest BCUT2D eigenvalue weighted by atomic mass is 10.1. The highest BCUT2D eigenvalue weighted by atomic mass is 32.1. The van der Waals surface area contributed by atoms with Gasteiger partial charge in [-0.2, -0.15) is 12.6 Å². The Hall–Kier alpha value is -0.460. The Balaban J connectivity index is 2.39. The molecule has 1 aliphatic heterocycles. The van der Waals surface area contributed by atoms with E-state index in [9.17, 15) is 4.79 Å². The van der Waals surface area contributed by atoms with Crippen LogP contribution in [0.2, 0.25) is 0 Å². The summed E-state index contributed by atoms with van der Waals surface area (Å²) in [5.74, 6) is 0. The van der Waals surface area contributed by atoms with E-state index < -0.39 is 6.09 Å². The van der Waals surface area contributed by atoms with Gasteiger partial charge in [-0.1, -0.05) is 0 Å². The van der Waals surface area contributed by atoms with Crippen LogP contribution in [-0.4, -0.2) is 37.5 Å². The van der Waals surface area contributed by atoms with Gasteiger partial charge in [0.05, 0.1) is 6.61 Å². The summed E-state index contributed by atoms with van der Waals surface area (Å²) in [5.41, 5.74) is 4.87. The molecule has 0 aromatic heterocycles. The molecule has 0 unspecified atom stereocenters. The third-order valence-corrected chi connectivity index (χ3v) is 2.38. The highest BCUT2D eigenvalue weighted by Crippen LogP contribution is 2.21. The molecule has 0 spiro atoms. The Labute approximate surface area is 81.9 Å². The molecule has 1 aliphatic rings. The van der Waals surface area contributed by atoms with E-state index >= 15 is 0 Å². The van der Waals surface area contributed by atoms with Crippen molar-refractivity contribution in [3.05, 3.63) is 0 Å². The molecule has 0 aromatic carbocycles. The Morgan fingerprint density at radius 3 is 2.85 bits per heavy atom. The Kier molecular flexibility index (Phi) is 3.83. The summed E-state index contributed by atoms with van der Waals surface area (Å²) in [5, 5.41) is -0.0915. The van der Waals surface area contributed by atoms with Gasteiger partial charge in [0, 0.05) is 18.8 Å². The molecular weight excluding hydrogens is 194 g/mol. The molecule has 5 nitrogen and oxygen atoms in total. The zero-order chi connectivity index (χ0) is 9.84. The van der Waals surface area contributed by atoms with Crippen LogP contribution < -0.4 is 5.73 Å². The van der Waals surface area contributed by atoms with Gasteiger partial charge in [0.25, 0.3) is 0 Å². The van der Waals surface area contributed by atoms with Gasteiger partial charge in [-0.25, -0.2) is 4.79 Å². The van der Waals surface area contributed by atoms with E-state index in [-0.39, 0.29) is 24.3 Å². The van der Waals surface area contributed by atoms with Crippen LogP contribution in [0.25, 0.3) is 0 Å². The molecule has 1 amide bonds. The molecule has 0 bridgehead atoms. The molecule has 13 heavy (non-hydrogen) atoms. The molecule has 0 saturated carbocycles. The predicted octanol–water partition coefficient (Wildman–Crippen LogP) is 0.142. The molecule has 2 N–H and O–H groups in total. The lowest BCUT2D eigenvalue weighted by Crippen LogP contribution is -2.42. The third kappa shape index (κ3) is 3.06. The van der Waals surface area contributed by atoms with Crippen LogP contribution in [0.1, 0.15) is 6.42 Å². The van der Waals surface area contributed by atoms with Crippen molar-refractivity contribution in [2.75, 3.05) is 13.7 Å². The molecule has 76 valence electrons. The van der Waals surface area contributed by atoms with Gasteiger partial charge in [-0.05, 0) is 0 Å². The predicted molar refractivity (Wildman–Crippen MR) is 48.6 cm³/mol. The SMILES string of the molecule is CO[C@H]1C[C@H](S)[C@H](OC(N)=O)CO1. The number of amides is 1. The number of hydrogen-bond acceptors (Lipinski definition) is 5. The van der Waals surface area contributed by atoms with E-state index in [1.54, 1.807) is 7.11 Å². The molecule has 0 aliphatic carbocycles. The first-order chi connectivity index (χ1) is 6.13. The highest BCUT2D eigenvalue weighted by molar-refractivity contribution is 7.81. The van der Waals surface area contributed by atoms with E-state index in [0.717, 1.165) is 0 Å². The van der Waals surface area contributed by atoms with Crippen LogP contribution in [-0.2, 0) is 14.2 Å². The fourth-order valence-electron chi connectivity index (χ4n) is 1.16. The second-order valence-electron chi connectivity index (χ2n) is 2.78. The van der Waals surface area contributed by atoms with Crippen LogP contribution >= 0.6 is 12.6 Å². The molecule has 1 heterocycles. The van der Waals surface area contributed by atoms with Crippen molar-refractivity contribution >= 4 is 18.7 Å². The first-order valence-electron chi connectivity index (χ1n) is 3.92. The van der Waals surface area contributed by atoms with Crippen molar-refractivity contribution in [2.24, 2.45) is 5.73 Å². The third-order valence-electron chi connectivity index (χ3n) is 1.84. The summed E-state index contributed by atoms with van der Waals surface area (Å²) >= 11 is 4.25. The summed E-state index contributed by atoms with van der Waals surface area (Å²) in [6.45, 7) is 0.273. The fourth-order valence-corrected chi connectivity index (χ4v) is 1.48. The average Bonchev–Trinajstić information content (AvgIpc) is 2.08. The maximum Gasteiger partial charge on any atom is 0.404 e. The smallest absolute Gasteiger partial charge is 0.404 e. The monoisotopic (exact) mass is 207 g/mol. The van der Waals surface area contributed by atoms with Crippen molar-refractivity contribution in [2.45, 2.75) is 24.1 Å². The van der Waals surface area contributed by atoms with E-state index in [4.69, 9.17) is 19.9 Å². The second-order valence-corrected chi connectivity index (χ2v) is 3.44. The summed E-state index contributed by atoms with van der Waals surface area (Å²) in [7, 11) is 1.56. The zero-order valence-corrected chi connectivity index (χ0v) is 8.20. The summed E-state index contributed by atoms with van der Waals surface area (Å²) in [4.78, 5) is 10.4. The molecule has 1 rings (SSSR count). The Morgan fingerprint density at radius 2 is 2.38 bits per heavy atom. The van der Waals surface area contributed by atoms with Crippen LogP contribution in [0.15, 0.2) is 0 Å². The van der Waals surface area contributed by atoms with Crippen LogP contribution in [0.3, 0.4) is 0 Å². The van der Waals surface area contributed by atoms with Gasteiger partial charge in [0.2, 0.25) is 0 Å². The molecule has 6 heteroatoms. The van der Waals surface area contributed by atoms with Gasteiger partial charge < -0.3 is 19.9 Å². The van der Waals surface area contributed by atoms with Crippen molar-refractivity contribution in [3.8, 4) is 0 Å². The summed E-state index contributed by atoms with van der Waals surface area (Å²) in [6, 6.07) is 0. The number of ether oxygens (including phenoxy) is 3. The molecule has 0 aromatic rings. The molecule has 0 radical (unpaired) electrons. The van der Waals surface area contributed by atoms with Crippen LogP contribution in [0, 0.1) is 0 Å². The van der Waals surface area contributed by atoms with Crippen LogP contribution in [0.4, 0.5) is 4.79 Å². The minimum absolute atomic E-state index is 0.0915. The van der Waals surface area contributed by atoms with E-state index in [1.807, 2.05) is 0 Å². The average molecular weight is 207 g/mol. The Morgan fingerprint density at radius 1 is 1.69 bits per heavy atom. The number of carbonyl (C=O) groups is 1. The standard InChI is InChI=1S/C7H13NO4S/c1-10-6-2-5(13)4(3-11-6)12-7(8)9/h4-6,13H,2-3H2,1H3,(H2,8,9)/t4-,5+,6-/m1/s1. The largest absolute Gasteiger partial charge is 0.443 e. The van der Waals surface area contributed by atoms with Gasteiger partial charge in [0.1, 0.15) is 6.10 Å². The van der Waals surface area contributed by atoms with Crippen molar-refractivity contribution < 1.29 is 19.0 Å². The van der Waals surface area contributed by atoms with E-state index in [1.165, 1.54) is 0 Å². The lowest BCUT2D eigenvalue weighted by molar-refractivity contribution is -0.169. The minimum atomic E-state index is -0.802. The highest BCUT2D eigenvalue weighted by Gasteiger charge is 2.31. The van der Waals surface area contributed by atoms with Gasteiger partial charge in [-0.15, -0.1) is 0 Å². The lowest BCUT2D eigenvalue weighted by Gasteiger charge is -2.31. The Bertz CT molecular complexity index is 189. The first kappa shape index (κ1) is 10.6. The minimum Gasteiger partial charge on any atom is -0.443 e. The van der Waals surface area contributed by atoms with E-state index in [0.29, 0.717) is 6.42 Å². The molecule has 3 atom stereocenters. The van der Waals surface area contributed by atoms with Crippen molar-refractivity contribution in [1.82, 2.24) is 0 Å². The number of methoxy groups -OCH3 is 1. The van der Waals surface area contributed by atoms with Crippen molar-refractivity contribution in [1.29, 1.82) is 0 Å². The number of primary amides is 1. The second kappa shape index (κ2) is 4.69. The number of carbonyl (C=O) groups excluding carboxylic acids is 1. The number of thiol groups is 1. The quantitative estimate of drug-likeness (QED) is 0.632. The van der Waals surface area contributed by atoms with Crippen LogP contribution in [0.5, 0.6) is 0 Å². The zero-order valence-electron chi connectivity index (χ0n) is 7.30. The maximum atomic E-state index is 10.4. The summed E-state index contributed by atoms with van der Waals surface area (Å²) < 4.78 is 15.0. The fraction of sp³-hybridized carbons (Fsp3) is 0.857. The normalized spacial score (nSPS) is 34.2. The number of rotatable bonds is 2. The summed E-state index contributed by atoms with van der Waals surface area (Å²) in [6.07, 6.45) is -0.872. The van der Waals surface area contributed by atoms with Gasteiger partial charge >= 0.3 is 6.09 Å². The van der Waals surface area contributed by atoms with Gasteiger partial charge in [0.15, 0.2) is 6.29 Å². The number of hydrogen-bond donors (Lipinski definition) is 2. The van der Waals surface area contributed by atoms with E-state index in [2.05, 4.69) is 12.6 Å². The topological polar surface area (TPSA) is 70.8 Å². The maximum absolute atomic E-state index is 10.4. The molecular formula is C7H13NO4S. The molecule has 1 fully saturated rings. The van der Waals surface area contributed by atoms with Crippen molar-refractivity contribution in [3.63, 3.8) is 0 Å². The molecule has 1 saturated heterocycles. The first-order valence-corrected chi connectivity index (χ1v) is 4.43. The van der Waals surface area contributed by atoms with Gasteiger partial charge in [-0.3, -0.25) is 0 Å². The number of nitrogens with two attached hydrogens (primary N) is 1.